The summed E-state index contributed by atoms with van der Waals surface area (Å²) in [5.74, 6) is 0.844. The molecule has 0 saturated carbocycles. The van der Waals surface area contributed by atoms with Crippen LogP contribution in [0.5, 0.6) is 11.5 Å². The van der Waals surface area contributed by atoms with Crippen molar-refractivity contribution in [2.75, 3.05) is 6.54 Å². The average Bonchev–Trinajstić information content (AvgIpc) is 2.42. The monoisotopic (exact) mass is 415 g/mol. The van der Waals surface area contributed by atoms with Gasteiger partial charge in [0.25, 0.3) is 0 Å². The van der Waals surface area contributed by atoms with Crippen LogP contribution in [0.1, 0.15) is 18.9 Å². The fourth-order valence-corrected chi connectivity index (χ4v) is 3.00. The Balaban J connectivity index is 2.15. The van der Waals surface area contributed by atoms with E-state index in [1.807, 2.05) is 24.3 Å². The molecule has 0 heterocycles. The van der Waals surface area contributed by atoms with E-state index in [0.717, 1.165) is 27.5 Å². The molecule has 0 aliphatic heterocycles. The van der Waals surface area contributed by atoms with Crippen molar-refractivity contribution in [3.63, 3.8) is 0 Å². The first-order chi connectivity index (χ1) is 10.1. The van der Waals surface area contributed by atoms with E-state index < -0.39 is 0 Å². The highest BCUT2D eigenvalue weighted by Gasteiger charge is 2.06. The summed E-state index contributed by atoms with van der Waals surface area (Å²) >= 11 is 6.82. The summed E-state index contributed by atoms with van der Waals surface area (Å²) in [4.78, 5) is 0. The Morgan fingerprint density at radius 3 is 2.67 bits per heavy atom. The molecular formula is C16H16Br2FNO. The summed E-state index contributed by atoms with van der Waals surface area (Å²) in [7, 11) is 0. The minimum absolute atomic E-state index is 0.297. The normalized spacial score (nSPS) is 10.7. The molecule has 2 aromatic carbocycles. The van der Waals surface area contributed by atoms with E-state index in [1.165, 1.54) is 12.1 Å². The van der Waals surface area contributed by atoms with Crippen molar-refractivity contribution in [3.05, 3.63) is 56.7 Å². The van der Waals surface area contributed by atoms with Crippen molar-refractivity contribution in [3.8, 4) is 11.5 Å². The summed E-state index contributed by atoms with van der Waals surface area (Å²) in [5, 5.41) is 3.25. The number of rotatable bonds is 6. The summed E-state index contributed by atoms with van der Waals surface area (Å²) in [5.41, 5.74) is 0.867. The molecule has 0 radical (unpaired) electrons. The van der Waals surface area contributed by atoms with Gasteiger partial charge < -0.3 is 10.1 Å². The number of nitrogens with one attached hydrogen (secondary N) is 1. The summed E-state index contributed by atoms with van der Waals surface area (Å²) < 4.78 is 21.2. The van der Waals surface area contributed by atoms with Gasteiger partial charge in [-0.15, -0.1) is 0 Å². The zero-order valence-electron chi connectivity index (χ0n) is 11.6. The zero-order chi connectivity index (χ0) is 15.2. The molecule has 0 spiro atoms. The molecule has 21 heavy (non-hydrogen) atoms. The van der Waals surface area contributed by atoms with E-state index in [-0.39, 0.29) is 5.82 Å². The maximum absolute atomic E-state index is 13.7. The van der Waals surface area contributed by atoms with Crippen LogP contribution in [-0.2, 0) is 6.54 Å². The van der Waals surface area contributed by atoms with Crippen LogP contribution < -0.4 is 10.1 Å². The Labute approximate surface area is 141 Å². The Morgan fingerprint density at radius 2 is 1.95 bits per heavy atom. The molecule has 112 valence electrons. The van der Waals surface area contributed by atoms with E-state index in [1.54, 1.807) is 0 Å². The van der Waals surface area contributed by atoms with Crippen molar-refractivity contribution >= 4 is 31.9 Å². The topological polar surface area (TPSA) is 21.3 Å². The van der Waals surface area contributed by atoms with E-state index in [4.69, 9.17) is 4.74 Å². The number of halogens is 3. The smallest absolute Gasteiger partial charge is 0.141 e. The molecule has 0 aliphatic carbocycles. The van der Waals surface area contributed by atoms with E-state index in [9.17, 15) is 4.39 Å². The Bertz CT molecular complexity index is 619. The lowest BCUT2D eigenvalue weighted by Crippen LogP contribution is -2.13. The molecule has 2 aromatic rings. The predicted molar refractivity (Wildman–Crippen MR) is 90.3 cm³/mol. The van der Waals surface area contributed by atoms with Crippen LogP contribution in [0.3, 0.4) is 0 Å². The Kier molecular flexibility index (Phi) is 6.21. The largest absolute Gasteiger partial charge is 0.456 e. The van der Waals surface area contributed by atoms with Gasteiger partial charge in [0, 0.05) is 17.1 Å². The van der Waals surface area contributed by atoms with Crippen molar-refractivity contribution in [1.29, 1.82) is 0 Å². The van der Waals surface area contributed by atoms with Crippen LogP contribution in [0.15, 0.2) is 45.3 Å². The van der Waals surface area contributed by atoms with Crippen molar-refractivity contribution in [2.45, 2.75) is 19.9 Å². The van der Waals surface area contributed by atoms with Gasteiger partial charge in [0.1, 0.15) is 17.3 Å². The summed E-state index contributed by atoms with van der Waals surface area (Å²) in [6.45, 7) is 3.63. The molecule has 0 fully saturated rings. The Hall–Kier alpha value is -0.910. The zero-order valence-corrected chi connectivity index (χ0v) is 14.8. The SMILES string of the molecule is CCCNCc1cc(F)cc(Oc2ccc(Br)cc2Br)c1. The van der Waals surface area contributed by atoms with E-state index in [0.29, 0.717) is 18.0 Å². The second kappa shape index (κ2) is 7.92. The van der Waals surface area contributed by atoms with Crippen LogP contribution in [-0.4, -0.2) is 6.54 Å². The van der Waals surface area contributed by atoms with Gasteiger partial charge in [0.2, 0.25) is 0 Å². The maximum Gasteiger partial charge on any atom is 0.141 e. The highest BCUT2D eigenvalue weighted by molar-refractivity contribution is 9.11. The van der Waals surface area contributed by atoms with Crippen LogP contribution in [0.25, 0.3) is 0 Å². The van der Waals surface area contributed by atoms with Crippen molar-refractivity contribution < 1.29 is 9.13 Å². The van der Waals surface area contributed by atoms with Gasteiger partial charge in [-0.3, -0.25) is 0 Å². The van der Waals surface area contributed by atoms with Gasteiger partial charge in [-0.1, -0.05) is 22.9 Å². The minimum atomic E-state index is -0.297. The number of hydrogen-bond donors (Lipinski definition) is 1. The lowest BCUT2D eigenvalue weighted by atomic mass is 10.2. The molecule has 2 nitrogen and oxygen atoms in total. The van der Waals surface area contributed by atoms with Gasteiger partial charge in [-0.2, -0.15) is 0 Å². The molecule has 0 atom stereocenters. The summed E-state index contributed by atoms with van der Waals surface area (Å²) in [6.07, 6.45) is 1.05. The van der Waals surface area contributed by atoms with Gasteiger partial charge >= 0.3 is 0 Å². The van der Waals surface area contributed by atoms with Crippen molar-refractivity contribution in [1.82, 2.24) is 5.32 Å². The fourth-order valence-electron chi connectivity index (χ4n) is 1.88. The molecule has 5 heteroatoms. The standard InChI is InChI=1S/C16H16Br2FNO/c1-2-5-20-10-11-6-13(19)9-14(7-11)21-16-4-3-12(17)8-15(16)18/h3-4,6-9,20H,2,5,10H2,1H3. The first-order valence-corrected chi connectivity index (χ1v) is 8.30. The molecule has 0 aromatic heterocycles. The maximum atomic E-state index is 13.7. The lowest BCUT2D eigenvalue weighted by molar-refractivity contribution is 0.472. The van der Waals surface area contributed by atoms with Gasteiger partial charge in [0.05, 0.1) is 4.47 Å². The molecule has 0 aliphatic rings. The van der Waals surface area contributed by atoms with Crippen LogP contribution in [0.2, 0.25) is 0 Å². The molecule has 0 unspecified atom stereocenters. The fraction of sp³-hybridized carbons (Fsp3) is 0.250. The van der Waals surface area contributed by atoms with Gasteiger partial charge in [-0.05, 0) is 64.8 Å². The van der Waals surface area contributed by atoms with Crippen LogP contribution in [0.4, 0.5) is 4.39 Å². The molecule has 2 rings (SSSR count). The number of ether oxygens (including phenoxy) is 1. The first-order valence-electron chi connectivity index (χ1n) is 6.71. The number of benzene rings is 2. The predicted octanol–water partition coefficient (Wildman–Crippen LogP) is 5.64. The average molecular weight is 417 g/mol. The Morgan fingerprint density at radius 1 is 1.14 bits per heavy atom. The van der Waals surface area contributed by atoms with Gasteiger partial charge in [-0.25, -0.2) is 4.39 Å². The molecule has 0 saturated heterocycles. The first kappa shape index (κ1) is 16.5. The van der Waals surface area contributed by atoms with Gasteiger partial charge in [0.15, 0.2) is 0 Å². The minimum Gasteiger partial charge on any atom is -0.456 e. The second-order valence-corrected chi connectivity index (χ2v) is 6.42. The third-order valence-corrected chi connectivity index (χ3v) is 3.92. The third-order valence-electron chi connectivity index (χ3n) is 2.81. The second-order valence-electron chi connectivity index (χ2n) is 4.65. The summed E-state index contributed by atoms with van der Waals surface area (Å²) in [6, 6.07) is 10.3. The van der Waals surface area contributed by atoms with Crippen LogP contribution >= 0.6 is 31.9 Å². The number of hydrogen-bond acceptors (Lipinski definition) is 2. The van der Waals surface area contributed by atoms with E-state index in [2.05, 4.69) is 44.1 Å². The third kappa shape index (κ3) is 5.09. The lowest BCUT2D eigenvalue weighted by Gasteiger charge is -2.10. The molecule has 0 bridgehead atoms. The highest BCUT2D eigenvalue weighted by atomic mass is 79.9. The van der Waals surface area contributed by atoms with Crippen molar-refractivity contribution in [2.24, 2.45) is 0 Å². The molecule has 1 N–H and O–H groups in total. The van der Waals surface area contributed by atoms with E-state index >= 15 is 0 Å². The molecule has 0 amide bonds. The molecular weight excluding hydrogens is 401 g/mol. The van der Waals surface area contributed by atoms with Crippen LogP contribution in [0, 0.1) is 5.82 Å². The highest BCUT2D eigenvalue weighted by Crippen LogP contribution is 2.32. The quantitative estimate of drug-likeness (QED) is 0.615.